The molecule has 0 saturated heterocycles. The van der Waals surface area contributed by atoms with E-state index in [0.717, 1.165) is 94.9 Å². The molecule has 0 atom stereocenters. The van der Waals surface area contributed by atoms with Crippen molar-refractivity contribution in [3.05, 3.63) is 266 Å². The van der Waals surface area contributed by atoms with E-state index >= 15 is 0 Å². The summed E-state index contributed by atoms with van der Waals surface area (Å²) in [6, 6.07) is 86.5. The SMILES string of the molecule is CC(C)(C)c1ccc(-c2nc(-c3[c-]c(N4[CH-]N(c5c(-c6ccccc6)cccc5-c5ccccc5)c5ccccc54)ccc3)nc(-c3[c-]c4c(cc3)c3ccccc3n4-c3cc(C(C)(C)c4ccccc4)ccn3)n2)cc1.[Pt]. The van der Waals surface area contributed by atoms with E-state index in [0.29, 0.717) is 17.5 Å². The molecule has 0 saturated carbocycles. The number of para-hydroxylation sites is 4. The van der Waals surface area contributed by atoms with Gasteiger partial charge in [-0.3, -0.25) is 9.97 Å². The Balaban J connectivity index is 0.00000609. The van der Waals surface area contributed by atoms with Crippen LogP contribution in [0.25, 0.3) is 84.0 Å². The Kier molecular flexibility index (Phi) is 13.0. The predicted molar refractivity (Wildman–Crippen MR) is 316 cm³/mol. The summed E-state index contributed by atoms with van der Waals surface area (Å²) in [7, 11) is 0. The Hall–Kier alpha value is -8.77. The fraction of sp³-hybridized carbons (Fsp3) is 0.100. The molecule has 78 heavy (non-hydrogen) atoms. The van der Waals surface area contributed by atoms with Crippen LogP contribution < -0.4 is 9.80 Å². The van der Waals surface area contributed by atoms with Gasteiger partial charge in [0.05, 0.1) is 11.6 Å². The van der Waals surface area contributed by atoms with Crippen molar-refractivity contribution < 1.29 is 21.1 Å². The maximum absolute atomic E-state index is 5.32. The quantitative estimate of drug-likeness (QED) is 0.127. The van der Waals surface area contributed by atoms with E-state index in [4.69, 9.17) is 19.9 Å². The second kappa shape index (κ2) is 20.3. The van der Waals surface area contributed by atoms with Gasteiger partial charge >= 0.3 is 0 Å². The topological polar surface area (TPSA) is 63.0 Å². The number of rotatable bonds is 10. The van der Waals surface area contributed by atoms with Gasteiger partial charge in [0.2, 0.25) is 0 Å². The number of hydrogen-bond donors (Lipinski definition) is 0. The fourth-order valence-electron chi connectivity index (χ4n) is 10.8. The van der Waals surface area contributed by atoms with Gasteiger partial charge in [0.1, 0.15) is 11.6 Å². The predicted octanol–water partition coefficient (Wildman–Crippen LogP) is 17.3. The second-order valence-electron chi connectivity index (χ2n) is 21.2. The molecule has 382 valence electrons. The molecule has 0 fully saturated rings. The van der Waals surface area contributed by atoms with Crippen molar-refractivity contribution in [2.45, 2.75) is 45.4 Å². The van der Waals surface area contributed by atoms with Crippen LogP contribution in [0.3, 0.4) is 0 Å². The van der Waals surface area contributed by atoms with Gasteiger partial charge in [-0.05, 0) is 74.5 Å². The number of hydrogen-bond acceptors (Lipinski definition) is 6. The molecule has 1 aliphatic heterocycles. The van der Waals surface area contributed by atoms with Crippen molar-refractivity contribution in [1.29, 1.82) is 0 Å². The summed E-state index contributed by atoms with van der Waals surface area (Å²) in [6.45, 7) is 13.4. The van der Waals surface area contributed by atoms with Crippen LogP contribution in [0.15, 0.2) is 231 Å². The molecule has 1 aliphatic rings. The van der Waals surface area contributed by atoms with E-state index in [1.165, 1.54) is 11.1 Å². The molecule has 0 radical (unpaired) electrons. The van der Waals surface area contributed by atoms with Gasteiger partial charge in [-0.15, -0.1) is 60.3 Å². The summed E-state index contributed by atoms with van der Waals surface area (Å²) in [6.07, 6.45) is 1.92. The average Bonchev–Trinajstić information content (AvgIpc) is 4.26. The largest absolute Gasteiger partial charge is 0.488 e. The Morgan fingerprint density at radius 2 is 1.01 bits per heavy atom. The van der Waals surface area contributed by atoms with Crippen LogP contribution in [0.1, 0.15) is 51.3 Å². The first-order chi connectivity index (χ1) is 37.6. The van der Waals surface area contributed by atoms with E-state index in [9.17, 15) is 0 Å². The van der Waals surface area contributed by atoms with Gasteiger partial charge in [0, 0.05) is 71.9 Å². The second-order valence-corrected chi connectivity index (χ2v) is 21.2. The number of pyridine rings is 1. The van der Waals surface area contributed by atoms with E-state index in [1.807, 2.05) is 12.3 Å². The molecule has 0 amide bonds. The van der Waals surface area contributed by atoms with Crippen LogP contribution in [-0.4, -0.2) is 24.5 Å². The van der Waals surface area contributed by atoms with Crippen LogP contribution in [0.5, 0.6) is 0 Å². The molecule has 12 aromatic rings. The number of benzene rings is 9. The summed E-state index contributed by atoms with van der Waals surface area (Å²) in [5.74, 6) is 2.38. The summed E-state index contributed by atoms with van der Waals surface area (Å²) in [5, 5.41) is 2.17. The Morgan fingerprint density at radius 1 is 0.436 bits per heavy atom. The van der Waals surface area contributed by atoms with Crippen LogP contribution in [0.4, 0.5) is 22.7 Å². The molecule has 9 aromatic carbocycles. The maximum Gasteiger partial charge on any atom is 0.144 e. The summed E-state index contributed by atoms with van der Waals surface area (Å²) in [5.41, 5.74) is 16.2. The van der Waals surface area contributed by atoms with E-state index in [-0.39, 0.29) is 31.9 Å². The number of aromatic nitrogens is 5. The molecule has 0 unspecified atom stereocenters. The standard InChI is InChI=1S/C70H54N7.Pt/c1-69(2,3)52-38-35-49(36-39-52)66-72-67(74-68(73-66)51-37-40-59-58-29-15-16-32-60(58)77(63(59)44-51)64-45-54(41-42-71-64)70(4,5)53-26-13-8-14-27-53)50-25-19-28-55(43-50)75-46-76(62-34-18-17-33-61(62)75)65-56(47-21-9-6-10-22-47)30-20-31-57(65)48-23-11-7-12-24-48;/h6-42,45-46H,1-5H3;/q-3;. The first-order valence-electron chi connectivity index (χ1n) is 26.2. The van der Waals surface area contributed by atoms with Crippen LogP contribution in [-0.2, 0) is 31.9 Å². The molecule has 0 N–H and O–H groups in total. The van der Waals surface area contributed by atoms with Crippen molar-refractivity contribution >= 4 is 44.6 Å². The minimum Gasteiger partial charge on any atom is -0.488 e. The third-order valence-electron chi connectivity index (χ3n) is 15.0. The molecule has 4 heterocycles. The molecule has 8 heteroatoms. The van der Waals surface area contributed by atoms with E-state index in [1.54, 1.807) is 0 Å². The molecule has 0 aliphatic carbocycles. The number of anilines is 4. The van der Waals surface area contributed by atoms with Gasteiger partial charge in [0.15, 0.2) is 0 Å². The number of fused-ring (bicyclic) bond motifs is 4. The first-order valence-corrected chi connectivity index (χ1v) is 26.2. The van der Waals surface area contributed by atoms with Crippen LogP contribution >= 0.6 is 0 Å². The zero-order valence-corrected chi connectivity index (χ0v) is 46.2. The third kappa shape index (κ3) is 9.08. The third-order valence-corrected chi connectivity index (χ3v) is 15.0. The van der Waals surface area contributed by atoms with Crippen molar-refractivity contribution in [3.63, 3.8) is 0 Å². The van der Waals surface area contributed by atoms with Gasteiger partial charge in [0.25, 0.3) is 0 Å². The minimum absolute atomic E-state index is 0. The molecular formula is C70H54N7Pt-3. The van der Waals surface area contributed by atoms with Crippen molar-refractivity contribution in [3.8, 4) is 62.2 Å². The van der Waals surface area contributed by atoms with E-state index in [2.05, 4.69) is 286 Å². The minimum atomic E-state index is -0.265. The zero-order chi connectivity index (χ0) is 52.3. The monoisotopic (exact) mass is 1190 g/mol. The summed E-state index contributed by atoms with van der Waals surface area (Å²) >= 11 is 0. The van der Waals surface area contributed by atoms with Crippen LogP contribution in [0.2, 0.25) is 0 Å². The molecule has 7 nitrogen and oxygen atoms in total. The molecule has 0 bridgehead atoms. The average molecular weight is 1190 g/mol. The van der Waals surface area contributed by atoms with Crippen molar-refractivity contribution in [1.82, 2.24) is 24.5 Å². The molecule has 13 rings (SSSR count). The number of nitrogens with zero attached hydrogens (tertiary/aromatic N) is 7. The molecule has 0 spiro atoms. The first kappa shape index (κ1) is 50.1. The fourth-order valence-corrected chi connectivity index (χ4v) is 10.8. The normalized spacial score (nSPS) is 12.5. The Labute approximate surface area is 470 Å². The van der Waals surface area contributed by atoms with Gasteiger partial charge in [-0.25, -0.2) is 4.98 Å². The van der Waals surface area contributed by atoms with E-state index < -0.39 is 0 Å². The van der Waals surface area contributed by atoms with Crippen molar-refractivity contribution in [2.75, 3.05) is 9.80 Å². The zero-order valence-electron chi connectivity index (χ0n) is 44.0. The van der Waals surface area contributed by atoms with Gasteiger partial charge < -0.3 is 19.4 Å². The summed E-state index contributed by atoms with van der Waals surface area (Å²) < 4.78 is 2.22. The van der Waals surface area contributed by atoms with Gasteiger partial charge in [-0.2, -0.15) is 0 Å². The summed E-state index contributed by atoms with van der Waals surface area (Å²) in [4.78, 5) is 25.4. The van der Waals surface area contributed by atoms with Crippen LogP contribution in [0, 0.1) is 18.8 Å². The molecule has 3 aromatic heterocycles. The molecular weight excluding hydrogens is 1130 g/mol. The van der Waals surface area contributed by atoms with Crippen molar-refractivity contribution in [2.24, 2.45) is 0 Å². The Morgan fingerprint density at radius 3 is 1.68 bits per heavy atom. The Bertz CT molecular complexity index is 4090. The maximum atomic E-state index is 5.32. The van der Waals surface area contributed by atoms with Gasteiger partial charge in [-0.1, -0.05) is 209 Å². The smallest absolute Gasteiger partial charge is 0.144 e.